The van der Waals surface area contributed by atoms with Gasteiger partial charge in [-0.3, -0.25) is 4.79 Å². The fraction of sp³-hybridized carbons (Fsp3) is 0.167. The van der Waals surface area contributed by atoms with Gasteiger partial charge in [0.1, 0.15) is 18.5 Å². The van der Waals surface area contributed by atoms with E-state index in [1.165, 1.54) is 24.2 Å². The molecule has 0 saturated carbocycles. The first-order chi connectivity index (χ1) is 9.99. The van der Waals surface area contributed by atoms with Crippen LogP contribution in [0, 0.1) is 10.1 Å². The molecule has 2 rings (SSSR count). The number of anilines is 1. The summed E-state index contributed by atoms with van der Waals surface area (Å²) >= 11 is 5.94. The van der Waals surface area contributed by atoms with Crippen molar-refractivity contribution in [2.24, 2.45) is 0 Å². The Morgan fingerprint density at radius 3 is 2.90 bits per heavy atom. The average Bonchev–Trinajstić information content (AvgIpc) is 2.87. The van der Waals surface area contributed by atoms with Gasteiger partial charge in [-0.25, -0.2) is 0 Å². The molecule has 0 aliphatic carbocycles. The van der Waals surface area contributed by atoms with Gasteiger partial charge in [0.2, 0.25) is 12.2 Å². The Morgan fingerprint density at radius 1 is 1.57 bits per heavy atom. The van der Waals surface area contributed by atoms with E-state index in [1.54, 1.807) is 18.2 Å². The first-order valence-electron chi connectivity index (χ1n) is 5.79. The molecule has 1 N–H and O–H groups in total. The molecule has 110 valence electrons. The third kappa shape index (κ3) is 3.69. The van der Waals surface area contributed by atoms with E-state index in [2.05, 4.69) is 10.3 Å². The summed E-state index contributed by atoms with van der Waals surface area (Å²) in [5.74, 6) is -0.168. The summed E-state index contributed by atoms with van der Waals surface area (Å²) in [6, 6.07) is 4.81. The standard InChI is InChI=1S/C12H11ClN4O4/c1-21-10-3-2-8(4-9(10)13)15-12(18)6-16-5-11(14-7-16)17(19)20/h2-5,7H,6H2,1H3,(H,15,18). The second-order valence-corrected chi connectivity index (χ2v) is 4.47. The highest BCUT2D eigenvalue weighted by atomic mass is 35.5. The summed E-state index contributed by atoms with van der Waals surface area (Å²) in [4.78, 5) is 25.2. The van der Waals surface area contributed by atoms with Gasteiger partial charge < -0.3 is 24.7 Å². The topological polar surface area (TPSA) is 99.3 Å². The number of methoxy groups -OCH3 is 1. The van der Waals surface area contributed by atoms with E-state index in [1.807, 2.05) is 0 Å². The van der Waals surface area contributed by atoms with Crippen molar-refractivity contribution in [2.75, 3.05) is 12.4 Å². The number of ether oxygens (including phenoxy) is 1. The van der Waals surface area contributed by atoms with Crippen molar-refractivity contribution in [2.45, 2.75) is 6.54 Å². The quantitative estimate of drug-likeness (QED) is 0.673. The van der Waals surface area contributed by atoms with Crippen LogP contribution in [0.4, 0.5) is 11.5 Å². The van der Waals surface area contributed by atoms with Gasteiger partial charge in [-0.1, -0.05) is 11.6 Å². The smallest absolute Gasteiger partial charge is 0.381 e. The van der Waals surface area contributed by atoms with Crippen LogP contribution < -0.4 is 10.1 Å². The lowest BCUT2D eigenvalue weighted by Gasteiger charge is -2.08. The Balaban J connectivity index is 2.01. The molecule has 2 aromatic rings. The van der Waals surface area contributed by atoms with Gasteiger partial charge in [-0.15, -0.1) is 0 Å². The maximum atomic E-state index is 11.8. The molecule has 0 spiro atoms. The van der Waals surface area contributed by atoms with Crippen molar-refractivity contribution in [3.63, 3.8) is 0 Å². The molecule has 0 radical (unpaired) electrons. The van der Waals surface area contributed by atoms with Crippen LogP contribution in [0.15, 0.2) is 30.7 Å². The minimum atomic E-state index is -0.627. The molecule has 0 saturated heterocycles. The molecule has 9 heteroatoms. The third-order valence-electron chi connectivity index (χ3n) is 2.57. The number of amides is 1. The lowest BCUT2D eigenvalue weighted by Crippen LogP contribution is -2.17. The number of hydrogen-bond acceptors (Lipinski definition) is 5. The van der Waals surface area contributed by atoms with Crippen molar-refractivity contribution >= 4 is 29.0 Å². The van der Waals surface area contributed by atoms with E-state index in [-0.39, 0.29) is 18.3 Å². The van der Waals surface area contributed by atoms with Crippen molar-refractivity contribution in [3.05, 3.63) is 45.9 Å². The zero-order valence-corrected chi connectivity index (χ0v) is 11.7. The number of nitrogens with zero attached hydrogens (tertiary/aromatic N) is 3. The molecule has 1 amide bonds. The fourth-order valence-electron chi connectivity index (χ4n) is 1.64. The molecule has 0 bridgehead atoms. The molecule has 0 aliphatic heterocycles. The average molecular weight is 311 g/mol. The SMILES string of the molecule is COc1ccc(NC(=O)Cn2cnc([N+](=O)[O-])c2)cc1Cl. The largest absolute Gasteiger partial charge is 0.495 e. The van der Waals surface area contributed by atoms with Gasteiger partial charge in [0.05, 0.1) is 12.1 Å². The molecular weight excluding hydrogens is 300 g/mol. The van der Waals surface area contributed by atoms with Crippen molar-refractivity contribution in [1.29, 1.82) is 0 Å². The molecule has 0 aliphatic rings. The highest BCUT2D eigenvalue weighted by Crippen LogP contribution is 2.27. The van der Waals surface area contributed by atoms with Crippen molar-refractivity contribution in [1.82, 2.24) is 9.55 Å². The van der Waals surface area contributed by atoms with Gasteiger partial charge in [0.25, 0.3) is 0 Å². The Hall–Kier alpha value is -2.61. The number of rotatable bonds is 5. The van der Waals surface area contributed by atoms with E-state index in [9.17, 15) is 14.9 Å². The predicted molar refractivity (Wildman–Crippen MR) is 75.5 cm³/mol. The number of carbonyl (C=O) groups excluding carboxylic acids is 1. The summed E-state index contributed by atoms with van der Waals surface area (Å²) in [6.45, 7) is -0.0928. The van der Waals surface area contributed by atoms with Crippen LogP contribution in [-0.2, 0) is 11.3 Å². The summed E-state index contributed by atoms with van der Waals surface area (Å²) in [5, 5.41) is 13.5. The van der Waals surface area contributed by atoms with Crippen molar-refractivity contribution in [3.8, 4) is 5.75 Å². The van der Waals surface area contributed by atoms with Gasteiger partial charge in [-0.05, 0) is 28.1 Å². The van der Waals surface area contributed by atoms with Crippen LogP contribution in [0.5, 0.6) is 5.75 Å². The third-order valence-corrected chi connectivity index (χ3v) is 2.86. The maximum Gasteiger partial charge on any atom is 0.381 e. The molecule has 1 aromatic carbocycles. The lowest BCUT2D eigenvalue weighted by atomic mass is 10.3. The number of hydrogen-bond donors (Lipinski definition) is 1. The summed E-state index contributed by atoms with van der Waals surface area (Å²) in [7, 11) is 1.49. The Labute approximate surface area is 124 Å². The number of nitro groups is 1. The minimum Gasteiger partial charge on any atom is -0.495 e. The van der Waals surface area contributed by atoms with E-state index in [0.29, 0.717) is 16.5 Å². The molecule has 1 aromatic heterocycles. The van der Waals surface area contributed by atoms with Gasteiger partial charge in [0, 0.05) is 5.69 Å². The highest BCUT2D eigenvalue weighted by Gasteiger charge is 2.12. The van der Waals surface area contributed by atoms with E-state index in [0.717, 1.165) is 0 Å². The van der Waals surface area contributed by atoms with E-state index in [4.69, 9.17) is 16.3 Å². The summed E-state index contributed by atoms with van der Waals surface area (Å²) in [5.41, 5.74) is 0.500. The van der Waals surface area contributed by atoms with Crippen LogP contribution in [0.3, 0.4) is 0 Å². The van der Waals surface area contributed by atoms with Crippen molar-refractivity contribution < 1.29 is 14.5 Å². The lowest BCUT2D eigenvalue weighted by molar-refractivity contribution is -0.389. The van der Waals surface area contributed by atoms with Gasteiger partial charge in [0.15, 0.2) is 0 Å². The molecule has 0 fully saturated rings. The predicted octanol–water partition coefficient (Wildman–Crippen LogP) is 2.09. The molecule has 0 atom stereocenters. The number of nitrogens with one attached hydrogen (secondary N) is 1. The maximum absolute atomic E-state index is 11.8. The molecule has 21 heavy (non-hydrogen) atoms. The second kappa shape index (κ2) is 6.23. The van der Waals surface area contributed by atoms with Crippen LogP contribution in [0.1, 0.15) is 0 Å². The molecule has 1 heterocycles. The highest BCUT2D eigenvalue weighted by molar-refractivity contribution is 6.32. The summed E-state index contributed by atoms with van der Waals surface area (Å²) < 4.78 is 6.32. The second-order valence-electron chi connectivity index (χ2n) is 4.06. The fourth-order valence-corrected chi connectivity index (χ4v) is 1.90. The van der Waals surface area contributed by atoms with Crippen LogP contribution >= 0.6 is 11.6 Å². The summed E-state index contributed by atoms with van der Waals surface area (Å²) in [6.07, 6.45) is 2.40. The molecule has 0 unspecified atom stereocenters. The zero-order valence-electron chi connectivity index (χ0n) is 10.9. The Morgan fingerprint density at radius 2 is 2.33 bits per heavy atom. The number of carbonyl (C=O) groups is 1. The van der Waals surface area contributed by atoms with Gasteiger partial charge >= 0.3 is 5.82 Å². The number of imidazole rings is 1. The minimum absolute atomic E-state index is 0.0928. The first-order valence-corrected chi connectivity index (χ1v) is 6.17. The monoisotopic (exact) mass is 310 g/mol. The van der Waals surface area contributed by atoms with Crippen LogP contribution in [-0.4, -0.2) is 27.5 Å². The normalized spacial score (nSPS) is 10.2. The van der Waals surface area contributed by atoms with E-state index < -0.39 is 4.92 Å². The Kier molecular flexibility index (Phi) is 4.39. The number of halogens is 1. The van der Waals surface area contributed by atoms with Crippen LogP contribution in [0.25, 0.3) is 0 Å². The number of aromatic nitrogens is 2. The van der Waals surface area contributed by atoms with Gasteiger partial charge in [-0.2, -0.15) is 0 Å². The first kappa shape index (κ1) is 14.8. The molecule has 8 nitrogen and oxygen atoms in total. The van der Waals surface area contributed by atoms with Crippen LogP contribution in [0.2, 0.25) is 5.02 Å². The Bertz CT molecular complexity index is 686. The number of benzene rings is 1. The molecular formula is C12H11ClN4O4. The zero-order chi connectivity index (χ0) is 15.4. The van der Waals surface area contributed by atoms with E-state index >= 15 is 0 Å².